The van der Waals surface area contributed by atoms with Gasteiger partial charge in [-0.2, -0.15) is 4.98 Å². The van der Waals surface area contributed by atoms with Crippen molar-refractivity contribution in [1.82, 2.24) is 20.2 Å². The summed E-state index contributed by atoms with van der Waals surface area (Å²) in [5.41, 5.74) is 7.04. The fourth-order valence-electron chi connectivity index (χ4n) is 1.78. The minimum atomic E-state index is 0.132. The third-order valence-corrected chi connectivity index (χ3v) is 2.98. The van der Waals surface area contributed by atoms with E-state index >= 15 is 0 Å². The second-order valence-corrected chi connectivity index (χ2v) is 4.63. The van der Waals surface area contributed by atoms with E-state index in [4.69, 9.17) is 21.8 Å². The quantitative estimate of drug-likeness (QED) is 0.766. The summed E-state index contributed by atoms with van der Waals surface area (Å²) in [7, 11) is 0. The number of nitrogens with zero attached hydrogens (tertiary/aromatic N) is 4. The zero-order valence-corrected chi connectivity index (χ0v) is 11.8. The Morgan fingerprint density at radius 3 is 2.81 bits per heavy atom. The van der Waals surface area contributed by atoms with Gasteiger partial charge < -0.3 is 15.5 Å². The monoisotopic (exact) mass is 302 g/mol. The van der Waals surface area contributed by atoms with Crippen LogP contribution in [0.2, 0.25) is 5.02 Å². The van der Waals surface area contributed by atoms with Crippen molar-refractivity contribution in [2.24, 2.45) is 0 Å². The molecule has 3 rings (SSSR count). The van der Waals surface area contributed by atoms with Gasteiger partial charge in [-0.15, -0.1) is 10.2 Å². The van der Waals surface area contributed by atoms with Gasteiger partial charge in [0.05, 0.1) is 17.4 Å². The Balaban J connectivity index is 2.01. The van der Waals surface area contributed by atoms with Crippen LogP contribution in [0.1, 0.15) is 5.89 Å². The third kappa shape index (κ3) is 2.77. The lowest BCUT2D eigenvalue weighted by molar-refractivity contribution is 0.533. The molecule has 0 fully saturated rings. The summed E-state index contributed by atoms with van der Waals surface area (Å²) in [4.78, 5) is 7.88. The predicted molar refractivity (Wildman–Crippen MR) is 79.2 cm³/mol. The highest BCUT2D eigenvalue weighted by atomic mass is 35.5. The Morgan fingerprint density at radius 1 is 1.24 bits per heavy atom. The van der Waals surface area contributed by atoms with Crippen molar-refractivity contribution in [3.05, 3.63) is 41.4 Å². The van der Waals surface area contributed by atoms with Crippen molar-refractivity contribution in [3.8, 4) is 11.5 Å². The average molecular weight is 303 g/mol. The van der Waals surface area contributed by atoms with Gasteiger partial charge in [-0.05, 0) is 12.1 Å². The molecule has 21 heavy (non-hydrogen) atoms. The van der Waals surface area contributed by atoms with E-state index < -0.39 is 0 Å². The van der Waals surface area contributed by atoms with Crippen LogP contribution in [0.3, 0.4) is 0 Å². The number of nitrogens with one attached hydrogen (secondary N) is 1. The molecule has 0 aliphatic rings. The van der Waals surface area contributed by atoms with Gasteiger partial charge in [0, 0.05) is 6.92 Å². The highest BCUT2D eigenvalue weighted by molar-refractivity contribution is 6.32. The Kier molecular flexibility index (Phi) is 3.41. The molecule has 0 radical (unpaired) electrons. The maximum absolute atomic E-state index is 6.05. The van der Waals surface area contributed by atoms with Crippen molar-refractivity contribution in [3.63, 3.8) is 0 Å². The molecule has 2 heterocycles. The standard InChI is InChI=1S/C13H11ClN6O/c1-7-19-20-12(21-7)8-4-2-3-5-10(8)17-11-9(14)6-16-13(15)18-11/h2-6H,1H3,(H3,15,16,17,18). The number of benzene rings is 1. The molecule has 7 nitrogen and oxygen atoms in total. The molecule has 106 valence electrons. The van der Waals surface area contributed by atoms with E-state index in [-0.39, 0.29) is 5.95 Å². The molecule has 8 heteroatoms. The van der Waals surface area contributed by atoms with E-state index in [0.29, 0.717) is 22.6 Å². The lowest BCUT2D eigenvalue weighted by Gasteiger charge is -2.10. The molecule has 0 saturated heterocycles. The normalized spacial score (nSPS) is 10.6. The van der Waals surface area contributed by atoms with Crippen molar-refractivity contribution in [2.45, 2.75) is 6.92 Å². The van der Waals surface area contributed by atoms with Crippen LogP contribution in [-0.2, 0) is 0 Å². The van der Waals surface area contributed by atoms with E-state index in [9.17, 15) is 0 Å². The fraction of sp³-hybridized carbons (Fsp3) is 0.0769. The molecule has 0 atom stereocenters. The third-order valence-electron chi connectivity index (χ3n) is 2.70. The van der Waals surface area contributed by atoms with Gasteiger partial charge in [0.1, 0.15) is 5.02 Å². The fourth-order valence-corrected chi connectivity index (χ4v) is 1.92. The van der Waals surface area contributed by atoms with Gasteiger partial charge in [0.15, 0.2) is 5.82 Å². The van der Waals surface area contributed by atoms with Crippen LogP contribution in [0.4, 0.5) is 17.5 Å². The molecule has 2 aromatic heterocycles. The topological polar surface area (TPSA) is 103 Å². The van der Waals surface area contributed by atoms with Crippen LogP contribution in [-0.4, -0.2) is 20.2 Å². The van der Waals surface area contributed by atoms with Crippen LogP contribution in [0.25, 0.3) is 11.5 Å². The van der Waals surface area contributed by atoms with E-state index in [2.05, 4.69) is 25.5 Å². The molecule has 1 aromatic carbocycles. The van der Waals surface area contributed by atoms with Gasteiger partial charge in [-0.3, -0.25) is 0 Å². The molecule has 0 aliphatic heterocycles. The average Bonchev–Trinajstić information content (AvgIpc) is 2.90. The number of aromatic nitrogens is 4. The number of anilines is 3. The first-order valence-electron chi connectivity index (χ1n) is 6.08. The zero-order chi connectivity index (χ0) is 14.8. The van der Waals surface area contributed by atoms with E-state index in [1.807, 2.05) is 24.3 Å². The first-order valence-corrected chi connectivity index (χ1v) is 6.46. The number of hydrogen-bond donors (Lipinski definition) is 2. The van der Waals surface area contributed by atoms with Gasteiger partial charge >= 0.3 is 0 Å². The van der Waals surface area contributed by atoms with Crippen LogP contribution in [0, 0.1) is 6.92 Å². The minimum absolute atomic E-state index is 0.132. The maximum atomic E-state index is 6.05. The number of nitrogens with two attached hydrogens (primary N) is 1. The highest BCUT2D eigenvalue weighted by Crippen LogP contribution is 2.30. The summed E-state index contributed by atoms with van der Waals surface area (Å²) < 4.78 is 5.45. The van der Waals surface area contributed by atoms with Gasteiger partial charge in [0.2, 0.25) is 17.7 Å². The number of halogens is 1. The van der Waals surface area contributed by atoms with Gasteiger partial charge in [-0.1, -0.05) is 23.7 Å². The van der Waals surface area contributed by atoms with E-state index in [1.165, 1.54) is 6.20 Å². The molecule has 0 bridgehead atoms. The Bertz CT molecular complexity index is 788. The zero-order valence-electron chi connectivity index (χ0n) is 11.0. The molecule has 3 aromatic rings. The largest absolute Gasteiger partial charge is 0.421 e. The summed E-state index contributed by atoms with van der Waals surface area (Å²) in [6, 6.07) is 7.45. The Morgan fingerprint density at radius 2 is 2.05 bits per heavy atom. The van der Waals surface area contributed by atoms with Gasteiger partial charge in [-0.25, -0.2) is 4.98 Å². The SMILES string of the molecule is Cc1nnc(-c2ccccc2Nc2nc(N)ncc2Cl)o1. The van der Waals surface area contributed by atoms with Crippen LogP contribution < -0.4 is 11.1 Å². The van der Waals surface area contributed by atoms with Crippen LogP contribution in [0.5, 0.6) is 0 Å². The molecule has 0 unspecified atom stereocenters. The van der Waals surface area contributed by atoms with Crippen LogP contribution in [0.15, 0.2) is 34.9 Å². The minimum Gasteiger partial charge on any atom is -0.421 e. The van der Waals surface area contributed by atoms with Crippen molar-refractivity contribution >= 4 is 29.1 Å². The first-order chi connectivity index (χ1) is 10.1. The summed E-state index contributed by atoms with van der Waals surface area (Å²) in [5, 5.41) is 11.3. The Labute approximate surface area is 125 Å². The summed E-state index contributed by atoms with van der Waals surface area (Å²) in [6.07, 6.45) is 1.44. The molecular weight excluding hydrogens is 292 g/mol. The lowest BCUT2D eigenvalue weighted by atomic mass is 10.2. The molecule has 3 N–H and O–H groups in total. The number of rotatable bonds is 3. The van der Waals surface area contributed by atoms with Crippen LogP contribution >= 0.6 is 11.6 Å². The smallest absolute Gasteiger partial charge is 0.249 e. The number of aryl methyl sites for hydroxylation is 1. The first kappa shape index (κ1) is 13.3. The molecular formula is C13H11ClN6O. The summed E-state index contributed by atoms with van der Waals surface area (Å²) in [5.74, 6) is 1.44. The molecule has 0 amide bonds. The maximum Gasteiger partial charge on any atom is 0.249 e. The summed E-state index contributed by atoms with van der Waals surface area (Å²) >= 11 is 6.05. The number of hydrogen-bond acceptors (Lipinski definition) is 7. The van der Waals surface area contributed by atoms with E-state index in [0.717, 1.165) is 11.3 Å². The Hall–Kier alpha value is -2.67. The van der Waals surface area contributed by atoms with Gasteiger partial charge in [0.25, 0.3) is 0 Å². The van der Waals surface area contributed by atoms with E-state index in [1.54, 1.807) is 6.92 Å². The molecule has 0 saturated carbocycles. The lowest BCUT2D eigenvalue weighted by Crippen LogP contribution is -2.01. The van der Waals surface area contributed by atoms with Crippen molar-refractivity contribution < 1.29 is 4.42 Å². The molecule has 0 spiro atoms. The highest BCUT2D eigenvalue weighted by Gasteiger charge is 2.13. The van der Waals surface area contributed by atoms with Crippen molar-refractivity contribution in [1.29, 1.82) is 0 Å². The predicted octanol–water partition coefficient (Wildman–Crippen LogP) is 2.81. The second kappa shape index (κ2) is 5.37. The number of para-hydroxylation sites is 1. The second-order valence-electron chi connectivity index (χ2n) is 4.22. The molecule has 0 aliphatic carbocycles. The number of nitrogen functional groups attached to an aromatic ring is 1. The van der Waals surface area contributed by atoms with Crippen molar-refractivity contribution in [2.75, 3.05) is 11.1 Å². The summed E-state index contributed by atoms with van der Waals surface area (Å²) in [6.45, 7) is 1.73.